The molecule has 2 aromatic heterocycles. The van der Waals surface area contributed by atoms with Crippen LogP contribution in [0.3, 0.4) is 0 Å². The molecule has 29 heavy (non-hydrogen) atoms. The number of hydrogen-bond acceptors (Lipinski definition) is 5. The predicted molar refractivity (Wildman–Crippen MR) is 116 cm³/mol. The molecule has 0 saturated carbocycles. The summed E-state index contributed by atoms with van der Waals surface area (Å²) in [7, 11) is 0. The van der Waals surface area contributed by atoms with Crippen LogP contribution in [0.5, 0.6) is 0 Å². The molecule has 4 rings (SSSR count). The van der Waals surface area contributed by atoms with Gasteiger partial charge in [0.15, 0.2) is 0 Å². The summed E-state index contributed by atoms with van der Waals surface area (Å²) in [6.07, 6.45) is 1.80. The van der Waals surface area contributed by atoms with Gasteiger partial charge in [0.05, 0.1) is 5.69 Å². The highest BCUT2D eigenvalue weighted by Gasteiger charge is 2.23. The summed E-state index contributed by atoms with van der Waals surface area (Å²) in [6, 6.07) is 9.53. The number of rotatable bonds is 3. The Morgan fingerprint density at radius 3 is 2.38 bits per heavy atom. The number of nitrogens with zero attached hydrogens (tertiary/aromatic N) is 6. The lowest BCUT2D eigenvalue weighted by molar-refractivity contribution is 0.0746. The van der Waals surface area contributed by atoms with E-state index in [4.69, 9.17) is 0 Å². The quantitative estimate of drug-likeness (QED) is 0.607. The molecule has 0 aliphatic carbocycles. The molecule has 1 aromatic carbocycles. The van der Waals surface area contributed by atoms with Crippen LogP contribution in [0.2, 0.25) is 0 Å². The van der Waals surface area contributed by atoms with Crippen molar-refractivity contribution in [3.63, 3.8) is 0 Å². The zero-order valence-electron chi connectivity index (χ0n) is 16.8. The maximum absolute atomic E-state index is 12.8. The van der Waals surface area contributed by atoms with Gasteiger partial charge in [0.25, 0.3) is 5.91 Å². The summed E-state index contributed by atoms with van der Waals surface area (Å²) in [6.45, 7) is 8.71. The molecule has 3 heterocycles. The number of carbonyl (C=O) groups excluding carboxylic acids is 1. The predicted octanol–water partition coefficient (Wildman–Crippen LogP) is 3.31. The number of aryl methyl sites for hydroxylation is 2. The van der Waals surface area contributed by atoms with Crippen molar-refractivity contribution in [1.82, 2.24) is 24.4 Å². The summed E-state index contributed by atoms with van der Waals surface area (Å²) in [5.41, 5.74) is 2.76. The number of hydrogen-bond donors (Lipinski definition) is 0. The van der Waals surface area contributed by atoms with E-state index in [-0.39, 0.29) is 5.91 Å². The van der Waals surface area contributed by atoms with Gasteiger partial charge in [-0.1, -0.05) is 22.0 Å². The average Bonchev–Trinajstić information content (AvgIpc) is 3.06. The lowest BCUT2D eigenvalue weighted by Gasteiger charge is -2.35. The Morgan fingerprint density at radius 2 is 1.72 bits per heavy atom. The number of halogens is 1. The fourth-order valence-corrected chi connectivity index (χ4v) is 3.89. The van der Waals surface area contributed by atoms with Crippen molar-refractivity contribution in [2.75, 3.05) is 31.1 Å². The number of carbonyl (C=O) groups is 1. The molecule has 3 aromatic rings. The Bertz CT molecular complexity index is 1060. The summed E-state index contributed by atoms with van der Waals surface area (Å²) in [5.74, 6) is 2.48. The maximum atomic E-state index is 12.8. The molecule has 1 saturated heterocycles. The number of aromatic nitrogens is 4. The second-order valence-electron chi connectivity index (χ2n) is 7.21. The van der Waals surface area contributed by atoms with Crippen LogP contribution in [-0.2, 0) is 0 Å². The Labute approximate surface area is 178 Å². The second-order valence-corrected chi connectivity index (χ2v) is 8.12. The topological polar surface area (TPSA) is 67.2 Å². The maximum Gasteiger partial charge on any atom is 0.254 e. The Kier molecular flexibility index (Phi) is 5.36. The van der Waals surface area contributed by atoms with Crippen molar-refractivity contribution < 1.29 is 4.79 Å². The summed E-state index contributed by atoms with van der Waals surface area (Å²) < 4.78 is 2.90. The smallest absolute Gasteiger partial charge is 0.254 e. The van der Waals surface area contributed by atoms with Crippen LogP contribution >= 0.6 is 15.9 Å². The van der Waals surface area contributed by atoms with Crippen molar-refractivity contribution in [2.45, 2.75) is 20.8 Å². The third-order valence-corrected chi connectivity index (χ3v) is 5.77. The third kappa shape index (κ3) is 4.03. The van der Waals surface area contributed by atoms with Crippen molar-refractivity contribution in [1.29, 1.82) is 0 Å². The van der Waals surface area contributed by atoms with Gasteiger partial charge in [-0.25, -0.2) is 15.0 Å². The normalized spacial score (nSPS) is 14.3. The average molecular weight is 455 g/mol. The molecule has 7 nitrogen and oxygen atoms in total. The molecule has 0 N–H and O–H groups in total. The van der Waals surface area contributed by atoms with E-state index in [2.05, 4.69) is 35.8 Å². The van der Waals surface area contributed by atoms with Crippen LogP contribution in [0.25, 0.3) is 5.82 Å². The number of piperazine rings is 1. The van der Waals surface area contributed by atoms with Crippen LogP contribution in [0, 0.1) is 20.8 Å². The van der Waals surface area contributed by atoms with Crippen molar-refractivity contribution in [2.24, 2.45) is 0 Å². The van der Waals surface area contributed by atoms with E-state index < -0.39 is 0 Å². The number of amides is 1. The van der Waals surface area contributed by atoms with Gasteiger partial charge in [-0.05, 0) is 39.0 Å². The number of imidazole rings is 1. The molecule has 0 atom stereocenters. The lowest BCUT2D eigenvalue weighted by Crippen LogP contribution is -2.49. The molecule has 8 heteroatoms. The fourth-order valence-electron chi connectivity index (χ4n) is 3.49. The zero-order chi connectivity index (χ0) is 20.5. The molecule has 1 aliphatic rings. The highest BCUT2D eigenvalue weighted by atomic mass is 79.9. The molecular weight excluding hydrogens is 432 g/mol. The van der Waals surface area contributed by atoms with Crippen molar-refractivity contribution in [3.05, 3.63) is 63.9 Å². The molecule has 0 spiro atoms. The minimum Gasteiger partial charge on any atom is -0.353 e. The highest BCUT2D eigenvalue weighted by molar-refractivity contribution is 9.10. The van der Waals surface area contributed by atoms with Gasteiger partial charge >= 0.3 is 0 Å². The van der Waals surface area contributed by atoms with E-state index in [1.54, 1.807) is 6.33 Å². The molecule has 150 valence electrons. The van der Waals surface area contributed by atoms with E-state index in [0.29, 0.717) is 18.7 Å². The largest absolute Gasteiger partial charge is 0.353 e. The first-order valence-electron chi connectivity index (χ1n) is 9.59. The van der Waals surface area contributed by atoms with Crippen LogP contribution < -0.4 is 4.90 Å². The van der Waals surface area contributed by atoms with E-state index >= 15 is 0 Å². The zero-order valence-corrected chi connectivity index (χ0v) is 18.3. The summed E-state index contributed by atoms with van der Waals surface area (Å²) in [5, 5.41) is 0. The molecule has 0 unspecified atom stereocenters. The van der Waals surface area contributed by atoms with E-state index in [9.17, 15) is 4.79 Å². The molecule has 1 amide bonds. The summed E-state index contributed by atoms with van der Waals surface area (Å²) >= 11 is 3.43. The second kappa shape index (κ2) is 7.94. The highest BCUT2D eigenvalue weighted by Crippen LogP contribution is 2.20. The van der Waals surface area contributed by atoms with Gasteiger partial charge in [0.1, 0.15) is 23.8 Å². The van der Waals surface area contributed by atoms with Crippen LogP contribution in [-0.4, -0.2) is 56.5 Å². The van der Waals surface area contributed by atoms with Crippen molar-refractivity contribution >= 4 is 27.7 Å². The molecular formula is C21H23BrN6O. The van der Waals surface area contributed by atoms with E-state index in [1.807, 2.05) is 60.6 Å². The van der Waals surface area contributed by atoms with Crippen molar-refractivity contribution in [3.8, 4) is 5.82 Å². The number of benzene rings is 1. The third-order valence-electron chi connectivity index (χ3n) is 5.27. The first-order chi connectivity index (χ1) is 13.9. The molecule has 1 fully saturated rings. The molecule has 0 bridgehead atoms. The molecule has 1 aliphatic heterocycles. The first kappa shape index (κ1) is 19.6. The van der Waals surface area contributed by atoms with Gasteiger partial charge < -0.3 is 9.80 Å². The SMILES string of the molecule is Cc1nc(N2CCN(C(=O)c3cccc(Br)c3)CC2)cc(-n2cnc(C)c2C)n1. The van der Waals surface area contributed by atoms with Gasteiger partial charge in [0.2, 0.25) is 0 Å². The monoisotopic (exact) mass is 454 g/mol. The minimum atomic E-state index is 0.0648. The fraction of sp³-hybridized carbons (Fsp3) is 0.333. The minimum absolute atomic E-state index is 0.0648. The Morgan fingerprint density at radius 1 is 1.00 bits per heavy atom. The van der Waals surface area contributed by atoms with Gasteiger partial charge in [-0.3, -0.25) is 9.36 Å². The Balaban J connectivity index is 1.50. The summed E-state index contributed by atoms with van der Waals surface area (Å²) in [4.78, 5) is 30.5. The van der Waals surface area contributed by atoms with Crippen LogP contribution in [0.4, 0.5) is 5.82 Å². The lowest BCUT2D eigenvalue weighted by atomic mass is 10.2. The van der Waals surface area contributed by atoms with Gasteiger partial charge in [-0.15, -0.1) is 0 Å². The van der Waals surface area contributed by atoms with Crippen LogP contribution in [0.1, 0.15) is 27.6 Å². The standard InChI is InChI=1S/C21H23BrN6O/c1-14-15(2)28(13-23-14)20-12-19(24-16(3)25-20)26-7-9-27(10-8-26)21(29)17-5-4-6-18(22)11-17/h4-6,11-13H,7-10H2,1-3H3. The van der Waals surface area contributed by atoms with Gasteiger partial charge in [-0.2, -0.15) is 0 Å². The van der Waals surface area contributed by atoms with E-state index in [1.165, 1.54) is 0 Å². The van der Waals surface area contributed by atoms with Crippen LogP contribution in [0.15, 0.2) is 41.1 Å². The van der Waals surface area contributed by atoms with Gasteiger partial charge in [0, 0.05) is 48.0 Å². The number of anilines is 1. The van der Waals surface area contributed by atoms with E-state index in [0.717, 1.165) is 46.4 Å². The molecule has 0 radical (unpaired) electrons. The first-order valence-corrected chi connectivity index (χ1v) is 10.4. The Hall–Kier alpha value is -2.74.